The van der Waals surface area contributed by atoms with Crippen LogP contribution in [0.25, 0.3) is 56.2 Å². The summed E-state index contributed by atoms with van der Waals surface area (Å²) in [6.45, 7) is 0. The second-order valence-corrected chi connectivity index (χ2v) is 18.1. The van der Waals surface area contributed by atoms with E-state index in [2.05, 4.69) is 170 Å². The summed E-state index contributed by atoms with van der Waals surface area (Å²) in [5.74, 6) is 6.61. The van der Waals surface area contributed by atoms with Gasteiger partial charge in [0.05, 0.1) is 5.41 Å². The lowest BCUT2D eigenvalue weighted by molar-refractivity contribution is -0.00938. The molecule has 5 aliphatic carbocycles. The SMILES string of the molecule is c1ccc(-c2ccc(-c3nc(-c4ccccc4-c4ccc5c(c4)C4(c6ccccc6O5)c5ccccc5-c5ccccc54)nc(C45CC6C[C@H](C4)C[C@H](C6)C5)n3)cc2)cc1. The van der Waals surface area contributed by atoms with Crippen LogP contribution in [0.5, 0.6) is 11.5 Å². The Morgan fingerprint density at radius 1 is 0.383 bits per heavy atom. The molecule has 1 aliphatic heterocycles. The van der Waals surface area contributed by atoms with E-state index in [0.29, 0.717) is 0 Å². The maximum Gasteiger partial charge on any atom is 0.164 e. The van der Waals surface area contributed by atoms with Gasteiger partial charge in [0.2, 0.25) is 0 Å². The number of ether oxygens (including phenoxy) is 1. The minimum Gasteiger partial charge on any atom is -0.457 e. The van der Waals surface area contributed by atoms with Crippen LogP contribution < -0.4 is 4.74 Å². The highest BCUT2D eigenvalue weighted by Gasteiger charge is 2.54. The number of aromatic nitrogens is 3. The zero-order valence-electron chi connectivity index (χ0n) is 33.4. The van der Waals surface area contributed by atoms with E-state index in [1.54, 1.807) is 0 Å². The minimum atomic E-state index is -0.541. The molecule has 4 heteroatoms. The molecule has 2 heterocycles. The third kappa shape index (κ3) is 5.00. The van der Waals surface area contributed by atoms with Crippen molar-refractivity contribution < 1.29 is 4.74 Å². The molecule has 4 fully saturated rings. The Balaban J connectivity index is 0.995. The van der Waals surface area contributed by atoms with Crippen LogP contribution in [-0.2, 0) is 10.8 Å². The molecule has 1 aromatic heterocycles. The lowest BCUT2D eigenvalue weighted by Gasteiger charge is -2.56. The molecule has 288 valence electrons. The monoisotopic (exact) mass is 773 g/mol. The highest BCUT2D eigenvalue weighted by molar-refractivity contribution is 5.90. The number of hydrogen-bond donors (Lipinski definition) is 0. The quantitative estimate of drug-likeness (QED) is 0.175. The van der Waals surface area contributed by atoms with Crippen LogP contribution in [0.3, 0.4) is 0 Å². The van der Waals surface area contributed by atoms with Crippen molar-refractivity contribution in [3.8, 4) is 67.7 Å². The van der Waals surface area contributed by atoms with Gasteiger partial charge in [-0.1, -0.05) is 152 Å². The standard InChI is InChI=1S/C56H43N3O/c1-2-12-38(13-3-1)39-22-24-40(25-23-39)52-57-53(59-54(58-52)55-32-35-28-36(33-55)30-37(29-35)34-55)45-17-5-4-14-42(45)41-26-27-51-49(31-41)56(48-20-10-11-21-50(48)60-51)46-18-8-6-15-43(46)44-16-7-9-19-47(44)56/h1-27,31,35-37H,28-30,32-34H2/t35-,36-,37?,55?/m1/s1. The van der Waals surface area contributed by atoms with Crippen LogP contribution in [0, 0.1) is 17.8 Å². The molecular formula is C56H43N3O. The molecule has 60 heavy (non-hydrogen) atoms. The lowest BCUT2D eigenvalue weighted by Crippen LogP contribution is -2.49. The van der Waals surface area contributed by atoms with Crippen LogP contribution in [0.2, 0.25) is 0 Å². The zero-order valence-corrected chi connectivity index (χ0v) is 33.4. The Bertz CT molecular complexity index is 2920. The Labute approximate surface area is 351 Å². The molecule has 4 bridgehead atoms. The first-order chi connectivity index (χ1) is 29.6. The summed E-state index contributed by atoms with van der Waals surface area (Å²) in [7, 11) is 0. The van der Waals surface area contributed by atoms with Crippen molar-refractivity contribution >= 4 is 0 Å². The Morgan fingerprint density at radius 2 is 0.883 bits per heavy atom. The predicted molar refractivity (Wildman–Crippen MR) is 239 cm³/mol. The molecular weight excluding hydrogens is 731 g/mol. The maximum atomic E-state index is 6.80. The van der Waals surface area contributed by atoms with Crippen LogP contribution in [-0.4, -0.2) is 15.0 Å². The van der Waals surface area contributed by atoms with Gasteiger partial charge in [0.25, 0.3) is 0 Å². The maximum absolute atomic E-state index is 6.80. The second-order valence-electron chi connectivity index (χ2n) is 18.1. The van der Waals surface area contributed by atoms with Crippen molar-refractivity contribution in [2.24, 2.45) is 17.8 Å². The normalized spacial score (nSPS) is 22.1. The molecule has 0 N–H and O–H groups in total. The number of benzene rings is 7. The largest absolute Gasteiger partial charge is 0.457 e. The Hall–Kier alpha value is -6.65. The minimum absolute atomic E-state index is 0.00625. The molecule has 0 saturated heterocycles. The van der Waals surface area contributed by atoms with Gasteiger partial charge in [-0.25, -0.2) is 15.0 Å². The van der Waals surface area contributed by atoms with Gasteiger partial charge in [-0.2, -0.15) is 0 Å². The molecule has 7 aromatic carbocycles. The predicted octanol–water partition coefficient (Wildman–Crippen LogP) is 13.5. The summed E-state index contributed by atoms with van der Waals surface area (Å²) < 4.78 is 6.80. The Kier molecular flexibility index (Phi) is 7.37. The zero-order chi connectivity index (χ0) is 39.4. The average molecular weight is 774 g/mol. The number of para-hydroxylation sites is 1. The van der Waals surface area contributed by atoms with Gasteiger partial charge in [-0.15, -0.1) is 0 Å². The van der Waals surface area contributed by atoms with Crippen LogP contribution in [0.15, 0.2) is 170 Å². The topological polar surface area (TPSA) is 47.9 Å². The molecule has 0 radical (unpaired) electrons. The van der Waals surface area contributed by atoms with E-state index in [0.717, 1.165) is 74.5 Å². The van der Waals surface area contributed by atoms with E-state index >= 15 is 0 Å². The van der Waals surface area contributed by atoms with Crippen molar-refractivity contribution in [1.29, 1.82) is 0 Å². The molecule has 0 atom stereocenters. The van der Waals surface area contributed by atoms with E-state index in [-0.39, 0.29) is 5.41 Å². The van der Waals surface area contributed by atoms with Gasteiger partial charge in [-0.05, 0) is 119 Å². The van der Waals surface area contributed by atoms with Gasteiger partial charge >= 0.3 is 0 Å². The van der Waals surface area contributed by atoms with Gasteiger partial charge in [0.15, 0.2) is 11.6 Å². The van der Waals surface area contributed by atoms with Gasteiger partial charge in [-0.3, -0.25) is 0 Å². The summed E-state index contributed by atoms with van der Waals surface area (Å²) in [5, 5.41) is 0. The molecule has 0 unspecified atom stereocenters. The van der Waals surface area contributed by atoms with Crippen molar-refractivity contribution in [1.82, 2.24) is 15.0 Å². The molecule has 8 aromatic rings. The van der Waals surface area contributed by atoms with E-state index in [4.69, 9.17) is 19.7 Å². The van der Waals surface area contributed by atoms with Crippen molar-refractivity contribution in [3.05, 3.63) is 198 Å². The molecule has 4 saturated carbocycles. The van der Waals surface area contributed by atoms with Crippen LogP contribution in [0.4, 0.5) is 0 Å². The third-order valence-electron chi connectivity index (χ3n) is 14.7. The van der Waals surface area contributed by atoms with Gasteiger partial charge < -0.3 is 4.74 Å². The van der Waals surface area contributed by atoms with Crippen molar-refractivity contribution in [3.63, 3.8) is 0 Å². The smallest absolute Gasteiger partial charge is 0.164 e. The fraction of sp³-hybridized carbons (Fsp3) is 0.196. The first kappa shape index (κ1) is 34.2. The van der Waals surface area contributed by atoms with E-state index in [9.17, 15) is 0 Å². The van der Waals surface area contributed by atoms with Gasteiger partial charge in [0, 0.05) is 27.7 Å². The second kappa shape index (κ2) is 12.9. The number of rotatable bonds is 5. The van der Waals surface area contributed by atoms with E-state index < -0.39 is 5.41 Å². The molecule has 1 spiro atoms. The molecule has 4 nitrogen and oxygen atoms in total. The van der Waals surface area contributed by atoms with Gasteiger partial charge in [0.1, 0.15) is 17.3 Å². The summed E-state index contributed by atoms with van der Waals surface area (Å²) in [6, 6.07) is 61.3. The van der Waals surface area contributed by atoms with Crippen LogP contribution >= 0.6 is 0 Å². The van der Waals surface area contributed by atoms with E-state index in [1.807, 2.05) is 0 Å². The van der Waals surface area contributed by atoms with E-state index in [1.165, 1.54) is 77.5 Å². The highest BCUT2D eigenvalue weighted by atomic mass is 16.5. The fourth-order valence-electron chi connectivity index (χ4n) is 12.6. The first-order valence-electron chi connectivity index (χ1n) is 21.8. The number of fused-ring (bicyclic) bond motifs is 9. The highest BCUT2D eigenvalue weighted by Crippen LogP contribution is 2.63. The van der Waals surface area contributed by atoms with Crippen molar-refractivity contribution in [2.45, 2.75) is 49.4 Å². The summed E-state index contributed by atoms with van der Waals surface area (Å²) in [5.41, 5.74) is 13.5. The summed E-state index contributed by atoms with van der Waals surface area (Å²) in [4.78, 5) is 16.4. The van der Waals surface area contributed by atoms with Crippen molar-refractivity contribution in [2.75, 3.05) is 0 Å². The molecule has 14 rings (SSSR count). The average Bonchev–Trinajstić information content (AvgIpc) is 3.59. The number of hydrogen-bond acceptors (Lipinski definition) is 4. The fourth-order valence-corrected chi connectivity index (χ4v) is 12.6. The number of nitrogens with zero attached hydrogens (tertiary/aromatic N) is 3. The van der Waals surface area contributed by atoms with Crippen LogP contribution in [0.1, 0.15) is 66.6 Å². The molecule has 6 aliphatic rings. The third-order valence-corrected chi connectivity index (χ3v) is 14.7. The summed E-state index contributed by atoms with van der Waals surface area (Å²) >= 11 is 0. The molecule has 0 amide bonds. The lowest BCUT2D eigenvalue weighted by atomic mass is 9.49. The summed E-state index contributed by atoms with van der Waals surface area (Å²) in [6.07, 6.45) is 7.68. The first-order valence-corrected chi connectivity index (χ1v) is 21.8. The Morgan fingerprint density at radius 3 is 1.57 bits per heavy atom.